The lowest BCUT2D eigenvalue weighted by atomic mass is 9.94. The molecule has 0 saturated carbocycles. The number of ether oxygens (including phenoxy) is 1. The molecule has 20 heavy (non-hydrogen) atoms. The fourth-order valence-corrected chi connectivity index (χ4v) is 2.74. The molecule has 3 rings (SSSR count). The zero-order valence-corrected chi connectivity index (χ0v) is 11.5. The maximum atomic E-state index is 10.9. The van der Waals surface area contributed by atoms with Gasteiger partial charge >= 0.3 is 6.09 Å². The highest BCUT2D eigenvalue weighted by atomic mass is 16.6. The number of rotatable bonds is 2. The van der Waals surface area contributed by atoms with Crippen molar-refractivity contribution in [2.75, 3.05) is 20.1 Å². The zero-order chi connectivity index (χ0) is 14.1. The minimum atomic E-state index is -0.824. The third-order valence-electron chi connectivity index (χ3n) is 3.86. The Balaban J connectivity index is 1.92. The van der Waals surface area contributed by atoms with Crippen LogP contribution in [0.5, 0.6) is 5.75 Å². The molecule has 0 aliphatic carbocycles. The first kappa shape index (κ1) is 13.0. The van der Waals surface area contributed by atoms with Crippen LogP contribution in [0.3, 0.4) is 0 Å². The molecule has 5 heteroatoms. The number of amides is 1. The Morgan fingerprint density at radius 3 is 2.85 bits per heavy atom. The molecular formula is C15H18N2O3. The highest BCUT2D eigenvalue weighted by molar-refractivity contribution is 5.86. The molecule has 5 nitrogen and oxygen atoms in total. The summed E-state index contributed by atoms with van der Waals surface area (Å²) in [7, 11) is 2.13. The Kier molecular flexibility index (Phi) is 3.36. The van der Waals surface area contributed by atoms with E-state index in [1.54, 1.807) is 6.07 Å². The highest BCUT2D eigenvalue weighted by Crippen LogP contribution is 2.35. The summed E-state index contributed by atoms with van der Waals surface area (Å²) in [6.07, 6.45) is 1.35. The van der Waals surface area contributed by atoms with Gasteiger partial charge in [-0.25, -0.2) is 4.79 Å². The first-order chi connectivity index (χ1) is 9.63. The van der Waals surface area contributed by atoms with Gasteiger partial charge in [0.2, 0.25) is 0 Å². The van der Waals surface area contributed by atoms with Crippen LogP contribution >= 0.6 is 0 Å². The Labute approximate surface area is 117 Å². The van der Waals surface area contributed by atoms with E-state index in [-0.39, 0.29) is 0 Å². The number of primary amides is 1. The number of likely N-dealkylation sites (tertiary alicyclic amines) is 1. The second kappa shape index (κ2) is 5.17. The van der Waals surface area contributed by atoms with E-state index in [0.29, 0.717) is 17.3 Å². The Morgan fingerprint density at radius 1 is 1.40 bits per heavy atom. The molecule has 1 aliphatic rings. The van der Waals surface area contributed by atoms with E-state index in [4.69, 9.17) is 14.9 Å². The molecule has 1 aromatic heterocycles. The van der Waals surface area contributed by atoms with Crippen LogP contribution in [-0.2, 0) is 0 Å². The Bertz CT molecular complexity index is 627. The van der Waals surface area contributed by atoms with Crippen LogP contribution in [0.4, 0.5) is 4.79 Å². The summed E-state index contributed by atoms with van der Waals surface area (Å²) < 4.78 is 10.9. The van der Waals surface area contributed by atoms with Crippen LogP contribution in [-0.4, -0.2) is 31.1 Å². The van der Waals surface area contributed by atoms with Crippen LogP contribution in [0.25, 0.3) is 11.0 Å². The average molecular weight is 274 g/mol. The van der Waals surface area contributed by atoms with Crippen molar-refractivity contribution in [2.24, 2.45) is 5.73 Å². The van der Waals surface area contributed by atoms with E-state index in [1.807, 2.05) is 18.2 Å². The standard InChI is InChI=1S/C15H18N2O3/c1-17-7-5-10(6-8-17)13-9-11-3-2-4-12(14(11)19-13)20-15(16)18/h2-4,9-10H,5-8H2,1H3,(H2,16,18). The summed E-state index contributed by atoms with van der Waals surface area (Å²) in [5.74, 6) is 1.78. The lowest BCUT2D eigenvalue weighted by Gasteiger charge is -2.27. The third-order valence-corrected chi connectivity index (χ3v) is 3.86. The van der Waals surface area contributed by atoms with Crippen LogP contribution in [0.2, 0.25) is 0 Å². The molecule has 0 radical (unpaired) electrons. The molecule has 0 unspecified atom stereocenters. The van der Waals surface area contributed by atoms with Gasteiger partial charge in [-0.2, -0.15) is 0 Å². The summed E-state index contributed by atoms with van der Waals surface area (Å²) in [6, 6.07) is 7.51. The lowest BCUT2D eigenvalue weighted by molar-refractivity contribution is 0.210. The van der Waals surface area contributed by atoms with Gasteiger partial charge in [0, 0.05) is 11.3 Å². The van der Waals surface area contributed by atoms with Gasteiger partial charge in [0.1, 0.15) is 5.76 Å². The van der Waals surface area contributed by atoms with Crippen LogP contribution in [0.1, 0.15) is 24.5 Å². The van der Waals surface area contributed by atoms with Gasteiger partial charge in [0.15, 0.2) is 11.3 Å². The molecule has 1 fully saturated rings. The number of piperidine rings is 1. The summed E-state index contributed by atoms with van der Waals surface area (Å²) in [4.78, 5) is 13.2. The van der Waals surface area contributed by atoms with Crippen LogP contribution < -0.4 is 10.5 Å². The van der Waals surface area contributed by atoms with Crippen molar-refractivity contribution in [3.63, 3.8) is 0 Å². The topological polar surface area (TPSA) is 68.7 Å². The number of benzene rings is 1. The number of fused-ring (bicyclic) bond motifs is 1. The second-order valence-electron chi connectivity index (χ2n) is 5.32. The number of carbonyl (C=O) groups excluding carboxylic acids is 1. The lowest BCUT2D eigenvalue weighted by Crippen LogP contribution is -2.29. The summed E-state index contributed by atoms with van der Waals surface area (Å²) in [5.41, 5.74) is 5.67. The minimum absolute atomic E-state index is 0.383. The minimum Gasteiger partial charge on any atom is -0.457 e. The van der Waals surface area contributed by atoms with E-state index < -0.39 is 6.09 Å². The van der Waals surface area contributed by atoms with Crippen molar-refractivity contribution in [1.29, 1.82) is 0 Å². The molecule has 0 atom stereocenters. The number of carbonyl (C=O) groups is 1. The van der Waals surface area contributed by atoms with E-state index in [1.165, 1.54) is 0 Å². The normalized spacial score (nSPS) is 17.4. The van der Waals surface area contributed by atoms with Crippen LogP contribution in [0, 0.1) is 0 Å². The number of hydrogen-bond acceptors (Lipinski definition) is 4. The molecule has 2 N–H and O–H groups in total. The Hall–Kier alpha value is -2.01. The van der Waals surface area contributed by atoms with Crippen molar-refractivity contribution < 1.29 is 13.9 Å². The fraction of sp³-hybridized carbons (Fsp3) is 0.400. The molecule has 2 aromatic rings. The van der Waals surface area contributed by atoms with E-state index >= 15 is 0 Å². The van der Waals surface area contributed by atoms with Crippen LogP contribution in [0.15, 0.2) is 28.7 Å². The van der Waals surface area contributed by atoms with Crippen molar-refractivity contribution in [3.05, 3.63) is 30.0 Å². The number of nitrogens with two attached hydrogens (primary N) is 1. The van der Waals surface area contributed by atoms with Gasteiger partial charge in [-0.3, -0.25) is 0 Å². The quantitative estimate of drug-likeness (QED) is 0.914. The van der Waals surface area contributed by atoms with Gasteiger partial charge in [0.05, 0.1) is 0 Å². The monoisotopic (exact) mass is 274 g/mol. The number of hydrogen-bond donors (Lipinski definition) is 1. The highest BCUT2D eigenvalue weighted by Gasteiger charge is 2.22. The third kappa shape index (κ3) is 2.49. The molecule has 106 valence electrons. The summed E-state index contributed by atoms with van der Waals surface area (Å²) >= 11 is 0. The molecule has 2 heterocycles. The molecule has 1 aromatic carbocycles. The van der Waals surface area contributed by atoms with Crippen molar-refractivity contribution in [1.82, 2.24) is 4.90 Å². The Morgan fingerprint density at radius 2 is 2.15 bits per heavy atom. The predicted molar refractivity (Wildman–Crippen MR) is 75.9 cm³/mol. The fourth-order valence-electron chi connectivity index (χ4n) is 2.74. The van der Waals surface area contributed by atoms with Crippen molar-refractivity contribution in [2.45, 2.75) is 18.8 Å². The first-order valence-electron chi connectivity index (χ1n) is 6.82. The number of para-hydroxylation sites is 1. The van der Waals surface area contributed by atoms with Gasteiger partial charge < -0.3 is 19.8 Å². The second-order valence-corrected chi connectivity index (χ2v) is 5.32. The number of nitrogens with zero attached hydrogens (tertiary/aromatic N) is 1. The zero-order valence-electron chi connectivity index (χ0n) is 11.5. The van der Waals surface area contributed by atoms with Gasteiger partial charge in [-0.1, -0.05) is 12.1 Å². The smallest absolute Gasteiger partial charge is 0.410 e. The maximum Gasteiger partial charge on any atom is 0.410 e. The van der Waals surface area contributed by atoms with Crippen molar-refractivity contribution in [3.8, 4) is 5.75 Å². The van der Waals surface area contributed by atoms with Gasteiger partial charge in [-0.05, 0) is 45.1 Å². The molecule has 1 amide bonds. The van der Waals surface area contributed by atoms with Crippen molar-refractivity contribution >= 4 is 17.1 Å². The van der Waals surface area contributed by atoms with E-state index in [9.17, 15) is 4.79 Å². The van der Waals surface area contributed by atoms with E-state index in [2.05, 4.69) is 11.9 Å². The maximum absolute atomic E-state index is 10.9. The van der Waals surface area contributed by atoms with E-state index in [0.717, 1.165) is 37.1 Å². The molecule has 0 bridgehead atoms. The summed E-state index contributed by atoms with van der Waals surface area (Å²) in [6.45, 7) is 2.15. The largest absolute Gasteiger partial charge is 0.457 e. The first-order valence-corrected chi connectivity index (χ1v) is 6.82. The average Bonchev–Trinajstić information content (AvgIpc) is 2.84. The SMILES string of the molecule is CN1CCC(c2cc3cccc(OC(N)=O)c3o2)CC1. The predicted octanol–water partition coefficient (Wildman–Crippen LogP) is 2.70. The molecule has 1 aliphatic heterocycles. The summed E-state index contributed by atoms with van der Waals surface area (Å²) in [5, 5.41) is 0.942. The number of furan rings is 1. The van der Waals surface area contributed by atoms with Gasteiger partial charge in [-0.15, -0.1) is 0 Å². The molecule has 0 spiro atoms. The molecule has 1 saturated heterocycles. The van der Waals surface area contributed by atoms with Gasteiger partial charge in [0.25, 0.3) is 0 Å². The molecular weight excluding hydrogens is 256 g/mol.